The van der Waals surface area contributed by atoms with Crippen LogP contribution in [0.3, 0.4) is 0 Å². The number of rotatable bonds is 2. The van der Waals surface area contributed by atoms with E-state index in [2.05, 4.69) is 5.32 Å². The van der Waals surface area contributed by atoms with E-state index in [-0.39, 0.29) is 17.3 Å². The van der Waals surface area contributed by atoms with E-state index in [0.29, 0.717) is 18.7 Å². The van der Waals surface area contributed by atoms with Crippen molar-refractivity contribution >= 4 is 15.9 Å². The van der Waals surface area contributed by atoms with Crippen LogP contribution in [0.1, 0.15) is 5.56 Å². The van der Waals surface area contributed by atoms with E-state index in [9.17, 15) is 13.2 Å². The van der Waals surface area contributed by atoms with E-state index >= 15 is 0 Å². The van der Waals surface area contributed by atoms with E-state index in [0.717, 1.165) is 0 Å². The van der Waals surface area contributed by atoms with Gasteiger partial charge in [0.05, 0.1) is 11.4 Å². The van der Waals surface area contributed by atoms with Crippen LogP contribution in [0.5, 0.6) is 0 Å². The Morgan fingerprint density at radius 2 is 2.00 bits per heavy atom. The molecule has 92 valence electrons. The monoisotopic (exact) mass is 254 g/mol. The van der Waals surface area contributed by atoms with E-state index < -0.39 is 10.0 Å². The molecule has 0 radical (unpaired) electrons. The number of hydrogen-bond acceptors (Lipinski definition) is 3. The summed E-state index contributed by atoms with van der Waals surface area (Å²) in [5.41, 5.74) is 0.693. The smallest absolute Gasteiger partial charge is 0.243 e. The zero-order valence-corrected chi connectivity index (χ0v) is 10.3. The first-order valence-electron chi connectivity index (χ1n) is 5.34. The molecule has 1 heterocycles. The minimum atomic E-state index is -3.55. The Morgan fingerprint density at radius 1 is 1.29 bits per heavy atom. The molecule has 1 amide bonds. The highest BCUT2D eigenvalue weighted by Gasteiger charge is 2.29. The summed E-state index contributed by atoms with van der Waals surface area (Å²) in [6.45, 7) is 2.33. The van der Waals surface area contributed by atoms with Crippen molar-refractivity contribution in [2.24, 2.45) is 0 Å². The molecular formula is C11H14N2O3S. The van der Waals surface area contributed by atoms with Crippen molar-refractivity contribution in [2.45, 2.75) is 11.8 Å². The highest BCUT2D eigenvalue weighted by atomic mass is 32.2. The summed E-state index contributed by atoms with van der Waals surface area (Å²) in [6, 6.07) is 6.79. The van der Waals surface area contributed by atoms with E-state index in [1.54, 1.807) is 31.2 Å². The molecule has 1 aromatic carbocycles. The molecule has 1 aromatic rings. The molecular weight excluding hydrogens is 240 g/mol. The lowest BCUT2D eigenvalue weighted by Crippen LogP contribution is -2.49. The van der Waals surface area contributed by atoms with Crippen LogP contribution in [0.2, 0.25) is 0 Å². The van der Waals surface area contributed by atoms with Gasteiger partial charge in [-0.15, -0.1) is 0 Å². The second-order valence-corrected chi connectivity index (χ2v) is 5.86. The third-order valence-corrected chi connectivity index (χ3v) is 4.72. The Hall–Kier alpha value is -1.40. The largest absolute Gasteiger partial charge is 0.354 e. The maximum Gasteiger partial charge on any atom is 0.243 e. The number of piperazine rings is 1. The molecule has 0 spiro atoms. The van der Waals surface area contributed by atoms with Crippen molar-refractivity contribution in [1.82, 2.24) is 9.62 Å². The van der Waals surface area contributed by atoms with E-state index in [1.165, 1.54) is 4.31 Å². The van der Waals surface area contributed by atoms with Gasteiger partial charge in [-0.2, -0.15) is 4.31 Å². The Labute approximate surface area is 100 Å². The SMILES string of the molecule is Cc1ccccc1S(=O)(=O)N1CCNC(=O)C1. The molecule has 0 bridgehead atoms. The Balaban J connectivity index is 2.36. The molecule has 1 N–H and O–H groups in total. The molecule has 1 saturated heterocycles. The van der Waals surface area contributed by atoms with Gasteiger partial charge in [-0.05, 0) is 18.6 Å². The van der Waals surface area contributed by atoms with E-state index in [4.69, 9.17) is 0 Å². The predicted molar refractivity (Wildman–Crippen MR) is 62.9 cm³/mol. The van der Waals surface area contributed by atoms with Gasteiger partial charge in [0.1, 0.15) is 0 Å². The number of nitrogens with zero attached hydrogens (tertiary/aromatic N) is 1. The van der Waals surface area contributed by atoms with Crippen LogP contribution < -0.4 is 5.32 Å². The normalized spacial score (nSPS) is 17.8. The number of hydrogen-bond donors (Lipinski definition) is 1. The van der Waals surface area contributed by atoms with Gasteiger partial charge in [0.25, 0.3) is 0 Å². The van der Waals surface area contributed by atoms with Crippen LogP contribution in [-0.4, -0.2) is 38.3 Å². The quantitative estimate of drug-likeness (QED) is 0.815. The van der Waals surface area contributed by atoms with Gasteiger partial charge in [0, 0.05) is 13.1 Å². The fraction of sp³-hybridized carbons (Fsp3) is 0.364. The van der Waals surface area contributed by atoms with Gasteiger partial charge in [-0.3, -0.25) is 4.79 Å². The average molecular weight is 254 g/mol. The van der Waals surface area contributed by atoms with Crippen LogP contribution in [0.15, 0.2) is 29.2 Å². The molecule has 1 fully saturated rings. The van der Waals surface area contributed by atoms with Gasteiger partial charge in [0.15, 0.2) is 0 Å². The van der Waals surface area contributed by atoms with E-state index in [1.807, 2.05) is 0 Å². The summed E-state index contributed by atoms with van der Waals surface area (Å²) in [7, 11) is -3.55. The van der Waals surface area contributed by atoms with Crippen LogP contribution >= 0.6 is 0 Å². The molecule has 6 heteroatoms. The van der Waals surface area contributed by atoms with Gasteiger partial charge >= 0.3 is 0 Å². The second kappa shape index (κ2) is 4.46. The highest BCUT2D eigenvalue weighted by Crippen LogP contribution is 2.19. The third-order valence-electron chi connectivity index (χ3n) is 2.71. The topological polar surface area (TPSA) is 66.5 Å². The number of amides is 1. The van der Waals surface area contributed by atoms with Gasteiger partial charge in [0.2, 0.25) is 15.9 Å². The van der Waals surface area contributed by atoms with Crippen molar-refractivity contribution in [3.63, 3.8) is 0 Å². The first-order valence-corrected chi connectivity index (χ1v) is 6.78. The molecule has 0 aliphatic carbocycles. The molecule has 17 heavy (non-hydrogen) atoms. The maximum absolute atomic E-state index is 12.3. The first-order chi connectivity index (χ1) is 8.01. The van der Waals surface area contributed by atoms with Crippen molar-refractivity contribution in [2.75, 3.05) is 19.6 Å². The molecule has 1 aliphatic rings. The van der Waals surface area contributed by atoms with Crippen LogP contribution in [-0.2, 0) is 14.8 Å². The third kappa shape index (κ3) is 2.32. The number of sulfonamides is 1. The van der Waals surface area contributed by atoms with Crippen LogP contribution in [0, 0.1) is 6.92 Å². The number of aryl methyl sites for hydroxylation is 1. The molecule has 0 saturated carbocycles. The van der Waals surface area contributed by atoms with Crippen LogP contribution in [0.4, 0.5) is 0 Å². The zero-order chi connectivity index (χ0) is 12.5. The summed E-state index contributed by atoms with van der Waals surface area (Å²) in [5, 5.41) is 2.61. The van der Waals surface area contributed by atoms with Crippen molar-refractivity contribution < 1.29 is 13.2 Å². The molecule has 0 unspecified atom stereocenters. The van der Waals surface area contributed by atoms with Gasteiger partial charge in [-0.25, -0.2) is 8.42 Å². The van der Waals surface area contributed by atoms with Crippen LogP contribution in [0.25, 0.3) is 0 Å². The number of carbonyl (C=O) groups is 1. The summed E-state index contributed by atoms with van der Waals surface area (Å²) < 4.78 is 25.8. The minimum Gasteiger partial charge on any atom is -0.354 e. The standard InChI is InChI=1S/C11H14N2O3S/c1-9-4-2-3-5-10(9)17(15,16)13-7-6-12-11(14)8-13/h2-5H,6-8H2,1H3,(H,12,14). The molecule has 1 aliphatic heterocycles. The Bertz CT molecular complexity index is 539. The minimum absolute atomic E-state index is 0.101. The summed E-state index contributed by atoms with van der Waals surface area (Å²) in [6.07, 6.45) is 0. The van der Waals surface area contributed by atoms with Crippen molar-refractivity contribution in [3.05, 3.63) is 29.8 Å². The van der Waals surface area contributed by atoms with Crippen molar-refractivity contribution in [1.29, 1.82) is 0 Å². The number of nitrogens with one attached hydrogen (secondary N) is 1. The fourth-order valence-corrected chi connectivity index (χ4v) is 3.43. The van der Waals surface area contributed by atoms with Crippen molar-refractivity contribution in [3.8, 4) is 0 Å². The molecule has 5 nitrogen and oxygen atoms in total. The number of carbonyl (C=O) groups excluding carboxylic acids is 1. The maximum atomic E-state index is 12.3. The second-order valence-electron chi connectivity index (χ2n) is 3.95. The lowest BCUT2D eigenvalue weighted by Gasteiger charge is -2.26. The first kappa shape index (κ1) is 12.1. The molecule has 2 rings (SSSR count). The lowest BCUT2D eigenvalue weighted by atomic mass is 10.2. The predicted octanol–water partition coefficient (Wildman–Crippen LogP) is 0.116. The highest BCUT2D eigenvalue weighted by molar-refractivity contribution is 7.89. The molecule has 0 atom stereocenters. The fourth-order valence-electron chi connectivity index (χ4n) is 1.81. The summed E-state index contributed by atoms with van der Waals surface area (Å²) in [4.78, 5) is 11.5. The Kier molecular flexibility index (Phi) is 3.17. The number of benzene rings is 1. The lowest BCUT2D eigenvalue weighted by molar-refractivity contribution is -0.122. The average Bonchev–Trinajstić information content (AvgIpc) is 2.29. The van der Waals surface area contributed by atoms with Gasteiger partial charge in [-0.1, -0.05) is 18.2 Å². The molecule has 0 aromatic heterocycles. The summed E-state index contributed by atoms with van der Waals surface area (Å²) >= 11 is 0. The van der Waals surface area contributed by atoms with Gasteiger partial charge < -0.3 is 5.32 Å². The zero-order valence-electron chi connectivity index (χ0n) is 9.51. The summed E-state index contributed by atoms with van der Waals surface area (Å²) in [5.74, 6) is -0.256. The Morgan fingerprint density at radius 3 is 2.65 bits per heavy atom.